The van der Waals surface area contributed by atoms with Gasteiger partial charge in [0.15, 0.2) is 5.82 Å². The first-order chi connectivity index (χ1) is 9.08. The Morgan fingerprint density at radius 1 is 1.42 bits per heavy atom. The van der Waals surface area contributed by atoms with E-state index < -0.39 is 17.7 Å². The van der Waals surface area contributed by atoms with Crippen LogP contribution in [-0.4, -0.2) is 25.8 Å². The number of carbonyl (C=O) groups is 1. The summed E-state index contributed by atoms with van der Waals surface area (Å²) in [5.41, 5.74) is 0.986. The Hall–Kier alpha value is -2.70. The van der Waals surface area contributed by atoms with Gasteiger partial charge in [-0.15, -0.1) is 0 Å². The highest BCUT2D eigenvalue weighted by molar-refractivity contribution is 5.83. The van der Waals surface area contributed by atoms with Gasteiger partial charge < -0.3 is 10.4 Å². The molecule has 0 bridgehead atoms. The van der Waals surface area contributed by atoms with Crippen LogP contribution >= 0.6 is 0 Å². The molecule has 19 heavy (non-hydrogen) atoms. The van der Waals surface area contributed by atoms with Crippen LogP contribution in [0.4, 0.5) is 5.69 Å². The van der Waals surface area contributed by atoms with Crippen molar-refractivity contribution in [3.05, 3.63) is 40.3 Å². The zero-order valence-electron chi connectivity index (χ0n) is 9.99. The Labute approximate surface area is 107 Å². The zero-order chi connectivity index (χ0) is 13.6. The fraction of sp³-hybridized carbons (Fsp3) is 0.167. The third-order valence-electron chi connectivity index (χ3n) is 2.93. The van der Waals surface area contributed by atoms with Crippen molar-refractivity contribution in [3.63, 3.8) is 0 Å². The number of carboxylic acids is 1. The van der Waals surface area contributed by atoms with Gasteiger partial charge in [-0.2, -0.15) is 10.1 Å². The van der Waals surface area contributed by atoms with Gasteiger partial charge in [-0.05, 0) is 19.1 Å². The summed E-state index contributed by atoms with van der Waals surface area (Å²) in [6, 6.07) is 7.06. The van der Waals surface area contributed by atoms with Gasteiger partial charge in [0.25, 0.3) is 5.56 Å². The highest BCUT2D eigenvalue weighted by Gasteiger charge is 2.30. The molecule has 0 radical (unpaired) electrons. The average Bonchev–Trinajstić information content (AvgIpc) is 2.39. The summed E-state index contributed by atoms with van der Waals surface area (Å²) in [6.45, 7) is 1.50. The molecule has 1 aliphatic heterocycles. The van der Waals surface area contributed by atoms with Gasteiger partial charge in [-0.3, -0.25) is 4.79 Å². The van der Waals surface area contributed by atoms with Crippen LogP contribution in [0.5, 0.6) is 0 Å². The summed E-state index contributed by atoms with van der Waals surface area (Å²) in [7, 11) is 0. The number of fused-ring (bicyclic) bond motifs is 3. The van der Waals surface area contributed by atoms with Crippen molar-refractivity contribution < 1.29 is 9.90 Å². The lowest BCUT2D eigenvalue weighted by molar-refractivity contribution is -0.140. The highest BCUT2D eigenvalue weighted by atomic mass is 16.4. The predicted octanol–water partition coefficient (Wildman–Crippen LogP) is 0.622. The van der Waals surface area contributed by atoms with E-state index in [4.69, 9.17) is 0 Å². The van der Waals surface area contributed by atoms with Crippen molar-refractivity contribution in [1.82, 2.24) is 14.8 Å². The molecule has 0 aliphatic carbocycles. The van der Waals surface area contributed by atoms with E-state index in [9.17, 15) is 14.7 Å². The van der Waals surface area contributed by atoms with Gasteiger partial charge in [0.1, 0.15) is 5.69 Å². The standard InChI is InChI=1S/C12H10N4O3/c1-6-11(17)14-9-7-4-2-3-5-8(7)13-10(12(18)19)16(9)15-6/h2-5,10,13H,1H3,(H,18,19)/t10-/m0/s1. The van der Waals surface area contributed by atoms with Crippen LogP contribution in [0.3, 0.4) is 0 Å². The summed E-state index contributed by atoms with van der Waals surface area (Å²) >= 11 is 0. The summed E-state index contributed by atoms with van der Waals surface area (Å²) in [4.78, 5) is 26.8. The number of para-hydroxylation sites is 1. The fourth-order valence-corrected chi connectivity index (χ4v) is 2.02. The lowest BCUT2D eigenvalue weighted by atomic mass is 10.1. The number of benzene rings is 1. The van der Waals surface area contributed by atoms with E-state index in [-0.39, 0.29) is 11.5 Å². The quantitative estimate of drug-likeness (QED) is 0.778. The van der Waals surface area contributed by atoms with Crippen LogP contribution in [-0.2, 0) is 4.79 Å². The van der Waals surface area contributed by atoms with Crippen molar-refractivity contribution in [2.75, 3.05) is 5.32 Å². The minimum absolute atomic E-state index is 0.163. The van der Waals surface area contributed by atoms with Crippen molar-refractivity contribution in [2.24, 2.45) is 0 Å². The summed E-state index contributed by atoms with van der Waals surface area (Å²) < 4.78 is 1.22. The van der Waals surface area contributed by atoms with E-state index in [1.54, 1.807) is 24.3 Å². The first-order valence-corrected chi connectivity index (χ1v) is 5.64. The van der Waals surface area contributed by atoms with Crippen LogP contribution in [0.2, 0.25) is 0 Å². The van der Waals surface area contributed by atoms with Crippen LogP contribution in [0, 0.1) is 6.92 Å². The maximum absolute atomic E-state index is 11.6. The van der Waals surface area contributed by atoms with Gasteiger partial charge in [-0.1, -0.05) is 12.1 Å². The van der Waals surface area contributed by atoms with E-state index in [1.807, 2.05) is 0 Å². The number of nitrogens with zero attached hydrogens (tertiary/aromatic N) is 3. The maximum Gasteiger partial charge on any atom is 0.349 e. The van der Waals surface area contributed by atoms with Gasteiger partial charge >= 0.3 is 5.97 Å². The smallest absolute Gasteiger partial charge is 0.349 e. The molecule has 7 heteroatoms. The number of aryl methyl sites for hydroxylation is 1. The second-order valence-electron chi connectivity index (χ2n) is 4.20. The molecular formula is C12H10N4O3. The molecule has 2 N–H and O–H groups in total. The minimum atomic E-state index is -1.09. The predicted molar refractivity (Wildman–Crippen MR) is 66.8 cm³/mol. The van der Waals surface area contributed by atoms with Gasteiger partial charge in [0.05, 0.1) is 0 Å². The number of rotatable bonds is 1. The van der Waals surface area contributed by atoms with Crippen molar-refractivity contribution in [1.29, 1.82) is 0 Å². The Balaban J connectivity index is 2.34. The van der Waals surface area contributed by atoms with Gasteiger partial charge in [0.2, 0.25) is 6.17 Å². The van der Waals surface area contributed by atoms with Gasteiger partial charge in [0, 0.05) is 11.3 Å². The Morgan fingerprint density at radius 3 is 2.89 bits per heavy atom. The molecule has 1 aromatic heterocycles. The largest absolute Gasteiger partial charge is 0.478 e. The molecule has 96 valence electrons. The fourth-order valence-electron chi connectivity index (χ4n) is 2.02. The van der Waals surface area contributed by atoms with E-state index in [1.165, 1.54) is 11.6 Å². The zero-order valence-corrected chi connectivity index (χ0v) is 9.99. The van der Waals surface area contributed by atoms with Crippen molar-refractivity contribution in [3.8, 4) is 11.4 Å². The maximum atomic E-state index is 11.6. The minimum Gasteiger partial charge on any atom is -0.478 e. The third kappa shape index (κ3) is 1.67. The number of anilines is 1. The molecule has 0 saturated carbocycles. The molecule has 0 saturated heterocycles. The van der Waals surface area contributed by atoms with Crippen LogP contribution in [0.25, 0.3) is 11.4 Å². The number of aromatic nitrogens is 3. The molecule has 1 atom stereocenters. The highest BCUT2D eigenvalue weighted by Crippen LogP contribution is 2.33. The van der Waals surface area contributed by atoms with E-state index in [0.29, 0.717) is 11.3 Å². The van der Waals surface area contributed by atoms with E-state index in [2.05, 4.69) is 15.4 Å². The summed E-state index contributed by atoms with van der Waals surface area (Å²) in [5, 5.41) is 16.1. The molecule has 2 aromatic rings. The second-order valence-corrected chi connectivity index (χ2v) is 4.20. The number of hydrogen-bond acceptors (Lipinski definition) is 5. The first-order valence-electron chi connectivity index (χ1n) is 5.64. The number of carboxylic acid groups (broad SMARTS) is 1. The number of aliphatic carboxylic acids is 1. The average molecular weight is 258 g/mol. The van der Waals surface area contributed by atoms with Crippen molar-refractivity contribution >= 4 is 11.7 Å². The molecule has 1 aromatic carbocycles. The molecule has 3 rings (SSSR count). The van der Waals surface area contributed by atoms with E-state index >= 15 is 0 Å². The molecule has 0 unspecified atom stereocenters. The molecular weight excluding hydrogens is 248 g/mol. The molecule has 7 nitrogen and oxygen atoms in total. The molecule has 0 fully saturated rings. The molecule has 0 spiro atoms. The normalized spacial score (nSPS) is 16.2. The van der Waals surface area contributed by atoms with E-state index in [0.717, 1.165) is 0 Å². The lowest BCUT2D eigenvalue weighted by Gasteiger charge is -2.27. The SMILES string of the molecule is Cc1nn2c(nc1=O)-c1ccccc1N[C@@H]2C(=O)O. The Bertz CT molecular complexity index is 738. The Kier molecular flexibility index (Phi) is 2.34. The van der Waals surface area contributed by atoms with Crippen LogP contribution in [0.15, 0.2) is 29.1 Å². The summed E-state index contributed by atoms with van der Waals surface area (Å²) in [6.07, 6.45) is -1.07. The molecule has 0 amide bonds. The molecule has 1 aliphatic rings. The first kappa shape index (κ1) is 11.4. The number of hydrogen-bond donors (Lipinski definition) is 2. The summed E-state index contributed by atoms with van der Waals surface area (Å²) in [5.74, 6) is -0.828. The monoisotopic (exact) mass is 258 g/mol. The molecule has 2 heterocycles. The number of nitrogens with one attached hydrogen (secondary N) is 1. The Morgan fingerprint density at radius 2 is 2.16 bits per heavy atom. The topological polar surface area (TPSA) is 97.1 Å². The lowest BCUT2D eigenvalue weighted by Crippen LogP contribution is -2.36. The van der Waals surface area contributed by atoms with Crippen molar-refractivity contribution in [2.45, 2.75) is 13.1 Å². The van der Waals surface area contributed by atoms with Crippen LogP contribution in [0.1, 0.15) is 11.9 Å². The van der Waals surface area contributed by atoms with Gasteiger partial charge in [-0.25, -0.2) is 9.48 Å². The third-order valence-corrected chi connectivity index (χ3v) is 2.93. The van der Waals surface area contributed by atoms with Crippen LogP contribution < -0.4 is 10.9 Å². The second kappa shape index (κ2) is 3.91.